The van der Waals surface area contributed by atoms with Crippen LogP contribution in [-0.2, 0) is 29.0 Å². The minimum absolute atomic E-state index is 0.209. The first-order valence-corrected chi connectivity index (χ1v) is 9.51. The Morgan fingerprint density at radius 2 is 2.16 bits per heavy atom. The molecule has 2 heterocycles. The molecule has 0 aliphatic heterocycles. The third-order valence-electron chi connectivity index (χ3n) is 4.54. The number of rotatable bonds is 5. The number of aromatic nitrogens is 2. The fourth-order valence-corrected chi connectivity index (χ4v) is 4.01. The maximum atomic E-state index is 12.0. The molecule has 0 saturated carbocycles. The maximum absolute atomic E-state index is 12.0. The van der Waals surface area contributed by atoms with Crippen LogP contribution in [0, 0.1) is 6.92 Å². The summed E-state index contributed by atoms with van der Waals surface area (Å²) in [5, 5.41) is 0. The Morgan fingerprint density at radius 1 is 1.28 bits per heavy atom. The van der Waals surface area contributed by atoms with Gasteiger partial charge in [-0.05, 0) is 61.1 Å². The van der Waals surface area contributed by atoms with Crippen molar-refractivity contribution in [1.82, 2.24) is 9.38 Å². The van der Waals surface area contributed by atoms with E-state index in [0.717, 1.165) is 28.2 Å². The molecule has 0 spiro atoms. The molecule has 4 nitrogen and oxygen atoms in total. The molecule has 1 aliphatic carbocycles. The first-order valence-electron chi connectivity index (χ1n) is 8.52. The Balaban J connectivity index is 1.32. The zero-order valence-corrected chi connectivity index (χ0v) is 15.0. The average Bonchev–Trinajstić information content (AvgIpc) is 3.24. The lowest BCUT2D eigenvalue weighted by Gasteiger charge is -2.05. The van der Waals surface area contributed by atoms with Crippen LogP contribution in [0.2, 0.25) is 0 Å². The van der Waals surface area contributed by atoms with Gasteiger partial charge in [0.05, 0.1) is 11.4 Å². The number of esters is 1. The molecule has 0 fully saturated rings. The fraction of sp³-hybridized carbons (Fsp3) is 0.300. The summed E-state index contributed by atoms with van der Waals surface area (Å²) in [6, 6.07) is 10.5. The molecule has 1 aromatic carbocycles. The monoisotopic (exact) mass is 352 g/mol. The van der Waals surface area contributed by atoms with Gasteiger partial charge in [0.1, 0.15) is 12.3 Å². The molecule has 0 N–H and O–H groups in total. The van der Waals surface area contributed by atoms with E-state index in [1.165, 1.54) is 35.7 Å². The largest absolute Gasteiger partial charge is 0.458 e. The summed E-state index contributed by atoms with van der Waals surface area (Å²) in [5.41, 5.74) is 5.66. The van der Waals surface area contributed by atoms with Crippen molar-refractivity contribution in [2.45, 2.75) is 37.7 Å². The quantitative estimate of drug-likeness (QED) is 0.515. The number of pyridine rings is 1. The van der Waals surface area contributed by atoms with E-state index in [1.807, 2.05) is 35.9 Å². The molecule has 0 bridgehead atoms. The Kier molecular flexibility index (Phi) is 4.49. The van der Waals surface area contributed by atoms with Crippen LogP contribution in [0.25, 0.3) is 5.65 Å². The normalized spacial score (nSPS) is 13.2. The zero-order chi connectivity index (χ0) is 17.2. The summed E-state index contributed by atoms with van der Waals surface area (Å²) in [5.74, 6) is 0.116. The number of hydrogen-bond donors (Lipinski definition) is 0. The Morgan fingerprint density at radius 3 is 3.04 bits per heavy atom. The van der Waals surface area contributed by atoms with Crippen molar-refractivity contribution in [3.8, 4) is 0 Å². The molecule has 0 saturated heterocycles. The highest BCUT2D eigenvalue weighted by atomic mass is 32.2. The average molecular weight is 352 g/mol. The van der Waals surface area contributed by atoms with Crippen LogP contribution in [0.1, 0.15) is 28.8 Å². The van der Waals surface area contributed by atoms with Crippen LogP contribution >= 0.6 is 11.8 Å². The number of fused-ring (bicyclic) bond motifs is 2. The van der Waals surface area contributed by atoms with Gasteiger partial charge >= 0.3 is 5.97 Å². The summed E-state index contributed by atoms with van der Waals surface area (Å²) < 4.78 is 7.33. The number of nitrogens with zero attached hydrogens (tertiary/aromatic N) is 2. The van der Waals surface area contributed by atoms with Gasteiger partial charge in [-0.3, -0.25) is 4.79 Å². The van der Waals surface area contributed by atoms with Crippen LogP contribution in [-0.4, -0.2) is 21.1 Å². The number of hydrogen-bond acceptors (Lipinski definition) is 4. The first-order chi connectivity index (χ1) is 12.2. The van der Waals surface area contributed by atoms with Gasteiger partial charge in [0.2, 0.25) is 0 Å². The van der Waals surface area contributed by atoms with E-state index in [9.17, 15) is 4.79 Å². The molecule has 0 atom stereocenters. The maximum Gasteiger partial charge on any atom is 0.316 e. The highest BCUT2D eigenvalue weighted by Crippen LogP contribution is 2.27. The number of imidazole rings is 1. The van der Waals surface area contributed by atoms with E-state index in [2.05, 4.69) is 23.2 Å². The summed E-state index contributed by atoms with van der Waals surface area (Å²) in [6.45, 7) is 2.23. The van der Waals surface area contributed by atoms with Crippen LogP contribution < -0.4 is 0 Å². The van der Waals surface area contributed by atoms with Crippen molar-refractivity contribution < 1.29 is 9.53 Å². The van der Waals surface area contributed by atoms with E-state index >= 15 is 0 Å². The molecule has 0 radical (unpaired) electrons. The van der Waals surface area contributed by atoms with Crippen LogP contribution in [0.4, 0.5) is 0 Å². The van der Waals surface area contributed by atoms with Gasteiger partial charge in [-0.15, -0.1) is 11.8 Å². The van der Waals surface area contributed by atoms with Crippen LogP contribution in [0.15, 0.2) is 47.6 Å². The van der Waals surface area contributed by atoms with E-state index in [-0.39, 0.29) is 12.6 Å². The second kappa shape index (κ2) is 6.92. The molecule has 1 aliphatic rings. The van der Waals surface area contributed by atoms with Crippen molar-refractivity contribution in [2.75, 3.05) is 5.75 Å². The Hall–Kier alpha value is -2.27. The molecule has 4 rings (SSSR count). The highest BCUT2D eigenvalue weighted by Gasteiger charge is 2.12. The topological polar surface area (TPSA) is 43.6 Å². The lowest BCUT2D eigenvalue weighted by molar-refractivity contribution is -0.141. The molecule has 128 valence electrons. The van der Waals surface area contributed by atoms with Gasteiger partial charge in [-0.25, -0.2) is 4.98 Å². The third kappa shape index (κ3) is 3.56. The molecule has 0 unspecified atom stereocenters. The summed E-state index contributed by atoms with van der Waals surface area (Å²) in [4.78, 5) is 17.7. The predicted octanol–water partition coefficient (Wildman–Crippen LogP) is 3.97. The molecule has 0 amide bonds. The molecular formula is C20H20N2O2S. The summed E-state index contributed by atoms with van der Waals surface area (Å²) >= 11 is 1.54. The lowest BCUT2D eigenvalue weighted by Crippen LogP contribution is -2.07. The van der Waals surface area contributed by atoms with Gasteiger partial charge in [0, 0.05) is 17.3 Å². The third-order valence-corrected chi connectivity index (χ3v) is 5.50. The Bertz CT molecular complexity index is 933. The summed E-state index contributed by atoms with van der Waals surface area (Å²) in [6.07, 6.45) is 7.43. The first kappa shape index (κ1) is 16.2. The van der Waals surface area contributed by atoms with Crippen molar-refractivity contribution in [3.05, 3.63) is 65.1 Å². The standard InChI is InChI=1S/C20H20N2O2S/c1-14-4-3-9-22-11-17(21-20(14)22)12-24-19(23)13-25-18-8-7-15-5-2-6-16(15)10-18/h3-4,7-11H,2,5-6,12-13H2,1H3. The van der Waals surface area contributed by atoms with Crippen molar-refractivity contribution >= 4 is 23.4 Å². The molecule has 3 aromatic rings. The Labute approximate surface area is 151 Å². The van der Waals surface area contributed by atoms with E-state index < -0.39 is 0 Å². The number of carbonyl (C=O) groups is 1. The van der Waals surface area contributed by atoms with Crippen LogP contribution in [0.5, 0.6) is 0 Å². The van der Waals surface area contributed by atoms with Crippen LogP contribution in [0.3, 0.4) is 0 Å². The molecule has 2 aromatic heterocycles. The number of carbonyl (C=O) groups excluding carboxylic acids is 1. The second-order valence-electron chi connectivity index (χ2n) is 6.39. The van der Waals surface area contributed by atoms with E-state index in [1.54, 1.807) is 0 Å². The minimum atomic E-state index is -0.209. The number of aryl methyl sites for hydroxylation is 3. The number of ether oxygens (including phenoxy) is 1. The van der Waals surface area contributed by atoms with E-state index in [0.29, 0.717) is 5.75 Å². The van der Waals surface area contributed by atoms with Gasteiger partial charge in [-0.1, -0.05) is 12.1 Å². The van der Waals surface area contributed by atoms with Gasteiger partial charge in [0.25, 0.3) is 0 Å². The predicted molar refractivity (Wildman–Crippen MR) is 98.9 cm³/mol. The minimum Gasteiger partial charge on any atom is -0.458 e. The fourth-order valence-electron chi connectivity index (χ4n) is 3.25. The van der Waals surface area contributed by atoms with Gasteiger partial charge in [0.15, 0.2) is 0 Å². The number of benzene rings is 1. The number of thioether (sulfide) groups is 1. The molecule has 25 heavy (non-hydrogen) atoms. The molecular weight excluding hydrogens is 332 g/mol. The van der Waals surface area contributed by atoms with Crippen molar-refractivity contribution in [1.29, 1.82) is 0 Å². The smallest absolute Gasteiger partial charge is 0.316 e. The highest BCUT2D eigenvalue weighted by molar-refractivity contribution is 8.00. The lowest BCUT2D eigenvalue weighted by atomic mass is 10.1. The van der Waals surface area contributed by atoms with Gasteiger partial charge < -0.3 is 9.14 Å². The van der Waals surface area contributed by atoms with Crippen molar-refractivity contribution in [2.24, 2.45) is 0 Å². The van der Waals surface area contributed by atoms with E-state index in [4.69, 9.17) is 4.74 Å². The zero-order valence-electron chi connectivity index (χ0n) is 14.2. The van der Waals surface area contributed by atoms with Gasteiger partial charge in [-0.2, -0.15) is 0 Å². The molecule has 5 heteroatoms. The second-order valence-corrected chi connectivity index (χ2v) is 7.44. The van der Waals surface area contributed by atoms with Crippen molar-refractivity contribution in [3.63, 3.8) is 0 Å². The summed E-state index contributed by atoms with van der Waals surface area (Å²) in [7, 11) is 0. The SMILES string of the molecule is Cc1cccn2cc(COC(=O)CSc3ccc4c(c3)CCC4)nc12.